The van der Waals surface area contributed by atoms with Crippen LogP contribution in [0, 0.1) is 5.41 Å². The second kappa shape index (κ2) is 7.96. The van der Waals surface area contributed by atoms with Crippen LogP contribution in [0.3, 0.4) is 0 Å². The quantitative estimate of drug-likeness (QED) is 0.477. The molecule has 2 amide bonds. The van der Waals surface area contributed by atoms with Crippen LogP contribution in [0.5, 0.6) is 0 Å². The number of nitrogens with one attached hydrogen (secondary N) is 2. The van der Waals surface area contributed by atoms with E-state index in [1.165, 1.54) is 4.90 Å². The summed E-state index contributed by atoms with van der Waals surface area (Å²) < 4.78 is 0. The number of anilines is 2. The van der Waals surface area contributed by atoms with Gasteiger partial charge in [0.25, 0.3) is 0 Å². The second-order valence-electron chi connectivity index (χ2n) is 5.54. The molecule has 0 radical (unpaired) electrons. The number of carbonyl (C=O) groups excluding carboxylic acids is 1. The Morgan fingerprint density at radius 1 is 1.12 bits per heavy atom. The molecule has 2 aromatic rings. The number of nitrogens with zero attached hydrogens (tertiary/aromatic N) is 1. The summed E-state index contributed by atoms with van der Waals surface area (Å²) in [6.07, 6.45) is 0.524. The van der Waals surface area contributed by atoms with E-state index in [0.717, 1.165) is 5.56 Å². The Labute approximate surface area is 145 Å². The Morgan fingerprint density at radius 3 is 2.24 bits per heavy atom. The lowest BCUT2D eigenvalue weighted by Gasteiger charge is -2.18. The summed E-state index contributed by atoms with van der Waals surface area (Å²) in [6.45, 7) is 0. The Hall–Kier alpha value is -3.35. The number of carboxylic acids is 1. The van der Waals surface area contributed by atoms with Crippen molar-refractivity contribution in [2.24, 2.45) is 5.73 Å². The average Bonchev–Trinajstić information content (AvgIpc) is 2.60. The third kappa shape index (κ3) is 5.07. The second-order valence-corrected chi connectivity index (χ2v) is 5.54. The van der Waals surface area contributed by atoms with E-state index in [9.17, 15) is 9.59 Å². The van der Waals surface area contributed by atoms with Gasteiger partial charge in [0.15, 0.2) is 0 Å². The van der Waals surface area contributed by atoms with Gasteiger partial charge in [0.05, 0.1) is 0 Å². The van der Waals surface area contributed by atoms with Gasteiger partial charge in [-0.1, -0.05) is 12.1 Å². The number of hydrogen-bond donors (Lipinski definition) is 4. The van der Waals surface area contributed by atoms with Gasteiger partial charge in [0.2, 0.25) is 0 Å². The Kier molecular flexibility index (Phi) is 5.73. The molecule has 2 rings (SSSR count). The smallest absolute Gasteiger partial charge is 0.326 e. The van der Waals surface area contributed by atoms with Crippen molar-refractivity contribution >= 4 is 29.2 Å². The number of hydrogen-bond acceptors (Lipinski definition) is 3. The van der Waals surface area contributed by atoms with Gasteiger partial charge in [0, 0.05) is 30.4 Å². The van der Waals surface area contributed by atoms with Gasteiger partial charge in [-0.25, -0.2) is 4.79 Å². The molecule has 0 atom stereocenters. The predicted molar refractivity (Wildman–Crippen MR) is 97.3 cm³/mol. The van der Waals surface area contributed by atoms with Gasteiger partial charge in [-0.05, 0) is 48.4 Å². The summed E-state index contributed by atoms with van der Waals surface area (Å²) in [7, 11) is 1.64. The molecular weight excluding hydrogens is 320 g/mol. The highest BCUT2D eigenvalue weighted by atomic mass is 16.4. The number of amidine groups is 1. The monoisotopic (exact) mass is 340 g/mol. The normalized spacial score (nSPS) is 10.1. The fraction of sp³-hybridized carbons (Fsp3) is 0.167. The first-order valence-electron chi connectivity index (χ1n) is 7.66. The molecule has 0 fully saturated rings. The third-order valence-electron chi connectivity index (χ3n) is 3.70. The van der Waals surface area contributed by atoms with E-state index in [-0.39, 0.29) is 18.3 Å². The van der Waals surface area contributed by atoms with Crippen molar-refractivity contribution in [3.05, 3.63) is 59.7 Å². The van der Waals surface area contributed by atoms with Gasteiger partial charge in [-0.3, -0.25) is 15.1 Å². The summed E-state index contributed by atoms with van der Waals surface area (Å²) in [5.41, 5.74) is 8.19. The molecule has 2 aromatic carbocycles. The Bertz CT molecular complexity index is 770. The zero-order valence-corrected chi connectivity index (χ0v) is 13.8. The number of urea groups is 1. The van der Waals surface area contributed by atoms with Crippen molar-refractivity contribution < 1.29 is 14.7 Å². The van der Waals surface area contributed by atoms with Crippen LogP contribution < -0.4 is 16.0 Å². The molecule has 130 valence electrons. The zero-order valence-electron chi connectivity index (χ0n) is 13.8. The minimum absolute atomic E-state index is 0.0263. The molecule has 0 aliphatic rings. The molecule has 0 bridgehead atoms. The minimum Gasteiger partial charge on any atom is -0.481 e. The van der Waals surface area contributed by atoms with Crippen LogP contribution in [-0.2, 0) is 11.2 Å². The maximum absolute atomic E-state index is 12.3. The number of carbonyl (C=O) groups is 2. The molecular formula is C18H20N4O3. The molecule has 0 aromatic heterocycles. The Balaban J connectivity index is 1.98. The van der Waals surface area contributed by atoms with Gasteiger partial charge < -0.3 is 16.2 Å². The van der Waals surface area contributed by atoms with Gasteiger partial charge >= 0.3 is 12.0 Å². The Morgan fingerprint density at radius 2 is 1.72 bits per heavy atom. The first kappa shape index (κ1) is 18.0. The first-order valence-corrected chi connectivity index (χ1v) is 7.66. The molecule has 7 heteroatoms. The first-order chi connectivity index (χ1) is 11.9. The highest BCUT2D eigenvalue weighted by Crippen LogP contribution is 2.16. The molecule has 7 nitrogen and oxygen atoms in total. The summed E-state index contributed by atoms with van der Waals surface area (Å²) in [5, 5.41) is 18.8. The predicted octanol–water partition coefficient (Wildman–Crippen LogP) is 2.66. The van der Waals surface area contributed by atoms with Crippen molar-refractivity contribution in [2.45, 2.75) is 12.8 Å². The molecule has 0 spiro atoms. The highest BCUT2D eigenvalue weighted by Gasteiger charge is 2.11. The summed E-state index contributed by atoms with van der Waals surface area (Å²) >= 11 is 0. The number of nitrogen functional groups attached to an aromatic ring is 1. The van der Waals surface area contributed by atoms with Gasteiger partial charge in [-0.15, -0.1) is 0 Å². The SMILES string of the molecule is CN(C(=O)Nc1ccc(CCC(=O)O)cc1)c1ccc(C(=N)N)cc1. The van der Waals surface area contributed by atoms with E-state index in [1.54, 1.807) is 55.6 Å². The van der Waals surface area contributed by atoms with Crippen LogP contribution >= 0.6 is 0 Å². The molecule has 0 heterocycles. The number of aliphatic carboxylic acids is 1. The van der Waals surface area contributed by atoms with Crippen LogP contribution in [0.15, 0.2) is 48.5 Å². The van der Waals surface area contributed by atoms with Crippen LogP contribution in [-0.4, -0.2) is 30.0 Å². The summed E-state index contributed by atoms with van der Waals surface area (Å²) in [6, 6.07) is 13.5. The van der Waals surface area contributed by atoms with E-state index in [1.807, 2.05) is 0 Å². The number of amides is 2. The lowest BCUT2D eigenvalue weighted by atomic mass is 10.1. The summed E-state index contributed by atoms with van der Waals surface area (Å²) in [4.78, 5) is 24.3. The molecule has 5 N–H and O–H groups in total. The number of carboxylic acid groups (broad SMARTS) is 1. The van der Waals surface area contributed by atoms with E-state index in [4.69, 9.17) is 16.2 Å². The maximum atomic E-state index is 12.3. The topological polar surface area (TPSA) is 120 Å². The molecule has 0 aliphatic carbocycles. The van der Waals surface area contributed by atoms with E-state index < -0.39 is 5.97 Å². The average molecular weight is 340 g/mol. The third-order valence-corrected chi connectivity index (χ3v) is 3.70. The van der Waals surface area contributed by atoms with Crippen molar-refractivity contribution in [3.63, 3.8) is 0 Å². The van der Waals surface area contributed by atoms with Crippen molar-refractivity contribution in [1.29, 1.82) is 5.41 Å². The van der Waals surface area contributed by atoms with Crippen molar-refractivity contribution in [1.82, 2.24) is 0 Å². The van der Waals surface area contributed by atoms with Gasteiger partial charge in [-0.2, -0.15) is 0 Å². The van der Waals surface area contributed by atoms with Crippen LogP contribution in [0.25, 0.3) is 0 Å². The van der Waals surface area contributed by atoms with Crippen LogP contribution in [0.1, 0.15) is 17.5 Å². The van der Waals surface area contributed by atoms with Gasteiger partial charge in [0.1, 0.15) is 5.84 Å². The fourth-order valence-electron chi connectivity index (χ4n) is 2.20. The van der Waals surface area contributed by atoms with E-state index >= 15 is 0 Å². The molecule has 0 unspecified atom stereocenters. The van der Waals surface area contributed by atoms with Crippen molar-refractivity contribution in [3.8, 4) is 0 Å². The summed E-state index contributed by atoms with van der Waals surface area (Å²) in [5.74, 6) is -0.864. The standard InChI is InChI=1S/C18H20N4O3/c1-22(15-9-5-13(6-10-15)17(19)20)18(25)21-14-7-2-12(3-8-14)4-11-16(23)24/h2-3,5-10H,4,11H2,1H3,(H3,19,20)(H,21,25)(H,23,24). The van der Waals surface area contributed by atoms with E-state index in [0.29, 0.717) is 23.4 Å². The van der Waals surface area contributed by atoms with Crippen LogP contribution in [0.2, 0.25) is 0 Å². The number of rotatable bonds is 6. The number of aryl methyl sites for hydroxylation is 1. The van der Waals surface area contributed by atoms with Crippen LogP contribution in [0.4, 0.5) is 16.2 Å². The minimum atomic E-state index is -0.838. The lowest BCUT2D eigenvalue weighted by molar-refractivity contribution is -0.136. The number of benzene rings is 2. The maximum Gasteiger partial charge on any atom is 0.326 e. The molecule has 0 saturated carbocycles. The number of nitrogens with two attached hydrogens (primary N) is 1. The zero-order chi connectivity index (χ0) is 18.4. The lowest BCUT2D eigenvalue weighted by Crippen LogP contribution is -2.31. The molecule has 25 heavy (non-hydrogen) atoms. The van der Waals surface area contributed by atoms with Crippen molar-refractivity contribution in [2.75, 3.05) is 17.3 Å². The largest absolute Gasteiger partial charge is 0.481 e. The molecule has 0 saturated heterocycles. The fourth-order valence-corrected chi connectivity index (χ4v) is 2.20. The molecule has 0 aliphatic heterocycles. The highest BCUT2D eigenvalue weighted by molar-refractivity contribution is 6.02. The van der Waals surface area contributed by atoms with E-state index in [2.05, 4.69) is 5.32 Å².